The Morgan fingerprint density at radius 1 is 1.08 bits per heavy atom. The first-order valence-corrected chi connectivity index (χ1v) is 10.1. The molecule has 5 rings (SSSR count). The highest BCUT2D eigenvalue weighted by molar-refractivity contribution is 7.11. The minimum atomic E-state index is 1.02. The van der Waals surface area contributed by atoms with Crippen molar-refractivity contribution in [2.75, 3.05) is 20.1 Å². The summed E-state index contributed by atoms with van der Waals surface area (Å²) in [4.78, 5) is 3.92. The Morgan fingerprint density at radius 3 is 2.72 bits per heavy atom. The second-order valence-corrected chi connectivity index (χ2v) is 8.58. The van der Waals surface area contributed by atoms with E-state index in [1.807, 2.05) is 11.3 Å². The largest absolute Gasteiger partial charge is 0.339 e. The van der Waals surface area contributed by atoms with Crippen LogP contribution in [0.5, 0.6) is 0 Å². The van der Waals surface area contributed by atoms with E-state index in [9.17, 15) is 0 Å². The molecule has 2 nitrogen and oxygen atoms in total. The molecule has 2 aliphatic rings. The number of nitrogens with zero attached hydrogens (tertiary/aromatic N) is 2. The summed E-state index contributed by atoms with van der Waals surface area (Å²) in [5.74, 6) is 0. The molecule has 128 valence electrons. The highest BCUT2D eigenvalue weighted by atomic mass is 32.1. The summed E-state index contributed by atoms with van der Waals surface area (Å²) in [5, 5.41) is 3.72. The van der Waals surface area contributed by atoms with Crippen molar-refractivity contribution in [1.82, 2.24) is 9.47 Å². The average Bonchev–Trinajstić information content (AvgIpc) is 3.06. The summed E-state index contributed by atoms with van der Waals surface area (Å²) in [7, 11) is 2.25. The highest BCUT2D eigenvalue weighted by Crippen LogP contribution is 2.40. The molecule has 3 heteroatoms. The van der Waals surface area contributed by atoms with Gasteiger partial charge < -0.3 is 9.47 Å². The Morgan fingerprint density at radius 2 is 1.92 bits per heavy atom. The van der Waals surface area contributed by atoms with E-state index >= 15 is 0 Å². The molecule has 0 unspecified atom stereocenters. The van der Waals surface area contributed by atoms with E-state index in [0.717, 1.165) is 19.5 Å². The van der Waals surface area contributed by atoms with E-state index in [-0.39, 0.29) is 0 Å². The Balaban J connectivity index is 1.76. The van der Waals surface area contributed by atoms with Crippen LogP contribution in [0.15, 0.2) is 23.6 Å². The number of likely N-dealkylation sites (N-methyl/N-ethyl adjacent to an activating group) is 1. The van der Waals surface area contributed by atoms with Crippen LogP contribution in [-0.2, 0) is 19.4 Å². The summed E-state index contributed by atoms with van der Waals surface area (Å²) in [6.45, 7) is 7.82. The maximum atomic E-state index is 2.63. The van der Waals surface area contributed by atoms with Crippen molar-refractivity contribution in [1.29, 1.82) is 0 Å². The fraction of sp³-hybridized carbons (Fsp3) is 0.364. The second kappa shape index (κ2) is 5.58. The first-order valence-electron chi connectivity index (χ1n) is 9.20. The predicted molar refractivity (Wildman–Crippen MR) is 109 cm³/mol. The summed E-state index contributed by atoms with van der Waals surface area (Å²) < 4.78 is 2.63. The van der Waals surface area contributed by atoms with E-state index < -0.39 is 0 Å². The van der Waals surface area contributed by atoms with Gasteiger partial charge in [-0.3, -0.25) is 0 Å². The lowest BCUT2D eigenvalue weighted by atomic mass is 9.98. The van der Waals surface area contributed by atoms with Crippen LogP contribution >= 0.6 is 11.3 Å². The molecule has 0 atom stereocenters. The lowest BCUT2D eigenvalue weighted by molar-refractivity contribution is 0.351. The van der Waals surface area contributed by atoms with Gasteiger partial charge in [-0.15, -0.1) is 11.3 Å². The summed E-state index contributed by atoms with van der Waals surface area (Å²) in [6, 6.07) is 7.02. The molecular weight excluding hydrogens is 324 g/mol. The molecule has 2 aromatic heterocycles. The van der Waals surface area contributed by atoms with Gasteiger partial charge >= 0.3 is 0 Å². The first kappa shape index (κ1) is 15.4. The Kier molecular flexibility index (Phi) is 3.44. The molecule has 25 heavy (non-hydrogen) atoms. The fourth-order valence-corrected chi connectivity index (χ4v) is 5.53. The van der Waals surface area contributed by atoms with Crippen LogP contribution < -0.4 is 0 Å². The number of aryl methyl sites for hydroxylation is 2. The van der Waals surface area contributed by atoms with Crippen molar-refractivity contribution < 1.29 is 0 Å². The van der Waals surface area contributed by atoms with Crippen molar-refractivity contribution in [2.24, 2.45) is 0 Å². The van der Waals surface area contributed by atoms with Gasteiger partial charge in [0, 0.05) is 42.0 Å². The number of aromatic nitrogens is 1. The normalized spacial score (nSPS) is 17.5. The summed E-state index contributed by atoms with van der Waals surface area (Å²) in [6.07, 6.45) is 4.78. The number of fused-ring (bicyclic) bond motifs is 3. The zero-order valence-corrected chi connectivity index (χ0v) is 16.0. The maximum absolute atomic E-state index is 2.63. The Hall–Kier alpha value is -1.84. The highest BCUT2D eigenvalue weighted by Gasteiger charge is 2.25. The summed E-state index contributed by atoms with van der Waals surface area (Å²) in [5.41, 5.74) is 10.3. The molecule has 0 radical (unpaired) electrons. The molecule has 1 aromatic carbocycles. The smallest absolute Gasteiger partial charge is 0.0562 e. The number of hydrogen-bond donors (Lipinski definition) is 0. The monoisotopic (exact) mass is 348 g/mol. The van der Waals surface area contributed by atoms with E-state index in [0.29, 0.717) is 0 Å². The number of allylic oxidation sites excluding steroid dienone is 1. The van der Waals surface area contributed by atoms with Crippen molar-refractivity contribution >= 4 is 33.9 Å². The van der Waals surface area contributed by atoms with Crippen LogP contribution in [0.2, 0.25) is 0 Å². The fourth-order valence-electron chi connectivity index (χ4n) is 4.59. The topological polar surface area (TPSA) is 8.17 Å². The van der Waals surface area contributed by atoms with Crippen LogP contribution in [0.25, 0.3) is 22.6 Å². The molecule has 0 saturated heterocycles. The molecular formula is C22H24N2S. The predicted octanol–water partition coefficient (Wildman–Crippen LogP) is 4.90. The molecule has 0 bridgehead atoms. The number of benzene rings is 1. The third kappa shape index (κ3) is 2.33. The third-order valence-electron chi connectivity index (χ3n) is 5.84. The number of rotatable bonds is 1. The quantitative estimate of drug-likeness (QED) is 0.607. The standard InChI is InChI=1S/C22H24N2S/c1-14-10-16-12-17(22-15(2)6-9-25-22)13-24-20-5-8-23(3)7-4-18(20)19(11-14)21(16)24/h6,9-12H,4-5,7-8,13H2,1-3H3. The van der Waals surface area contributed by atoms with Crippen LogP contribution in [0.4, 0.5) is 0 Å². The molecule has 4 heterocycles. The van der Waals surface area contributed by atoms with Crippen molar-refractivity contribution in [3.63, 3.8) is 0 Å². The molecule has 0 N–H and O–H groups in total. The third-order valence-corrected chi connectivity index (χ3v) is 6.93. The van der Waals surface area contributed by atoms with Crippen molar-refractivity contribution in [2.45, 2.75) is 33.2 Å². The second-order valence-electron chi connectivity index (χ2n) is 7.67. The molecule has 3 aromatic rings. The van der Waals surface area contributed by atoms with Crippen molar-refractivity contribution in [3.8, 4) is 0 Å². The molecule has 0 aliphatic carbocycles. The zero-order valence-electron chi connectivity index (χ0n) is 15.2. The number of thiophene rings is 1. The number of hydrogen-bond acceptors (Lipinski definition) is 2. The van der Waals surface area contributed by atoms with Gasteiger partial charge in [0.25, 0.3) is 0 Å². The van der Waals surface area contributed by atoms with Gasteiger partial charge in [0.2, 0.25) is 0 Å². The molecule has 0 amide bonds. The average molecular weight is 349 g/mol. The van der Waals surface area contributed by atoms with Gasteiger partial charge in [-0.25, -0.2) is 0 Å². The van der Waals surface area contributed by atoms with Gasteiger partial charge in [-0.1, -0.05) is 0 Å². The van der Waals surface area contributed by atoms with Gasteiger partial charge in [0.1, 0.15) is 0 Å². The molecule has 0 fully saturated rings. The van der Waals surface area contributed by atoms with E-state index in [4.69, 9.17) is 0 Å². The zero-order chi connectivity index (χ0) is 17.1. The van der Waals surface area contributed by atoms with E-state index in [1.54, 1.807) is 11.3 Å². The van der Waals surface area contributed by atoms with Gasteiger partial charge in [0.05, 0.1) is 5.52 Å². The van der Waals surface area contributed by atoms with Crippen LogP contribution in [0.3, 0.4) is 0 Å². The van der Waals surface area contributed by atoms with Crippen LogP contribution in [0, 0.1) is 13.8 Å². The van der Waals surface area contributed by atoms with Gasteiger partial charge in [0.15, 0.2) is 0 Å². The van der Waals surface area contributed by atoms with E-state index in [2.05, 4.69) is 60.0 Å². The Bertz CT molecular complexity index is 1020. The lowest BCUT2D eigenvalue weighted by Gasteiger charge is -2.20. The summed E-state index contributed by atoms with van der Waals surface area (Å²) >= 11 is 1.88. The van der Waals surface area contributed by atoms with E-state index in [1.165, 1.54) is 51.0 Å². The van der Waals surface area contributed by atoms with Crippen LogP contribution in [0.1, 0.15) is 32.8 Å². The molecule has 0 saturated carbocycles. The minimum absolute atomic E-state index is 1.02. The lowest BCUT2D eigenvalue weighted by Crippen LogP contribution is -2.21. The molecule has 2 aliphatic heterocycles. The van der Waals surface area contributed by atoms with Gasteiger partial charge in [-0.05, 0) is 84.8 Å². The Labute approximate surface area is 153 Å². The minimum Gasteiger partial charge on any atom is -0.339 e. The van der Waals surface area contributed by atoms with Crippen molar-refractivity contribution in [3.05, 3.63) is 56.4 Å². The van der Waals surface area contributed by atoms with Gasteiger partial charge in [-0.2, -0.15) is 0 Å². The maximum Gasteiger partial charge on any atom is 0.0562 e. The first-order chi connectivity index (χ1) is 12.1. The molecule has 0 spiro atoms. The van der Waals surface area contributed by atoms with Crippen LogP contribution in [-0.4, -0.2) is 29.6 Å². The SMILES string of the molecule is Cc1cc2c3c(c1)c1c(n3CC(c3sccc3C)=C2)CCN(C)CC1.